The van der Waals surface area contributed by atoms with Gasteiger partial charge >= 0.3 is 0 Å². The lowest BCUT2D eigenvalue weighted by atomic mass is 9.43. The fourth-order valence-corrected chi connectivity index (χ4v) is 9.62. The van der Waals surface area contributed by atoms with Gasteiger partial charge in [-0.05, 0) is 98.7 Å². The van der Waals surface area contributed by atoms with E-state index in [0.717, 1.165) is 95.3 Å². The third-order valence-corrected chi connectivity index (χ3v) is 11.2. The van der Waals surface area contributed by atoms with Crippen LogP contribution >= 0.6 is 0 Å². The maximum atomic E-state index is 13.5. The quantitative estimate of drug-likeness (QED) is 0.516. The topological polar surface area (TPSA) is 47.1 Å². The van der Waals surface area contributed by atoms with Crippen molar-refractivity contribution < 1.29 is 9.59 Å². The molecule has 0 atom stereocenters. The van der Waals surface area contributed by atoms with Crippen LogP contribution in [0.1, 0.15) is 77.0 Å². The van der Waals surface area contributed by atoms with Gasteiger partial charge in [-0.3, -0.25) is 19.4 Å². The maximum Gasteiger partial charge on any atom is 0.223 e. The normalized spacial score (nSPS) is 39.1. The van der Waals surface area contributed by atoms with Crippen LogP contribution in [0.3, 0.4) is 0 Å². The zero-order valence-electron chi connectivity index (χ0n) is 22.5. The van der Waals surface area contributed by atoms with E-state index in [2.05, 4.69) is 19.6 Å². The number of rotatable bonds is 8. The fraction of sp³-hybridized carbons (Fsp3) is 0.933. The molecule has 0 aromatic carbocycles. The molecule has 0 aromatic rings. The summed E-state index contributed by atoms with van der Waals surface area (Å²) in [6, 6.07) is 0. The summed E-state index contributed by atoms with van der Waals surface area (Å²) < 4.78 is 0. The minimum atomic E-state index is 0.176. The van der Waals surface area contributed by atoms with Crippen molar-refractivity contribution in [3.8, 4) is 0 Å². The molecule has 8 fully saturated rings. The van der Waals surface area contributed by atoms with E-state index in [1.54, 1.807) is 0 Å². The largest absolute Gasteiger partial charge is 0.340 e. The minimum absolute atomic E-state index is 0.176. The molecule has 36 heavy (non-hydrogen) atoms. The van der Waals surface area contributed by atoms with E-state index in [9.17, 15) is 9.59 Å². The third kappa shape index (κ3) is 5.10. The lowest BCUT2D eigenvalue weighted by molar-refractivity contribution is -0.156. The van der Waals surface area contributed by atoms with Crippen LogP contribution < -0.4 is 0 Å². The summed E-state index contributed by atoms with van der Waals surface area (Å²) in [4.78, 5) is 36.6. The van der Waals surface area contributed by atoms with Gasteiger partial charge in [-0.25, -0.2) is 0 Å². The van der Waals surface area contributed by atoms with Gasteiger partial charge in [-0.15, -0.1) is 0 Å². The van der Waals surface area contributed by atoms with Gasteiger partial charge in [0.05, 0.1) is 0 Å². The number of hydrogen-bond acceptors (Lipinski definition) is 4. The van der Waals surface area contributed by atoms with E-state index >= 15 is 0 Å². The summed E-state index contributed by atoms with van der Waals surface area (Å²) in [5, 5.41) is 0. The maximum absolute atomic E-state index is 13.5. The summed E-state index contributed by atoms with van der Waals surface area (Å²) in [5.41, 5.74) is 0.352. The molecule has 2 heterocycles. The number of amides is 2. The monoisotopic (exact) mass is 496 g/mol. The predicted octanol–water partition coefficient (Wildman–Crippen LogP) is 3.46. The first-order chi connectivity index (χ1) is 17.4. The summed E-state index contributed by atoms with van der Waals surface area (Å²) in [7, 11) is 0. The SMILES string of the molecule is O=C(CC12CC3CC(C1)CC(CC(=O)N1CCN(CC4CC4)CC1)(C3)C2)N1CCN(CC2CC2)CC1. The van der Waals surface area contributed by atoms with E-state index in [1.165, 1.54) is 70.9 Å². The Kier molecular flexibility index (Phi) is 6.15. The van der Waals surface area contributed by atoms with Crippen molar-refractivity contribution in [1.82, 2.24) is 19.6 Å². The zero-order valence-corrected chi connectivity index (χ0v) is 22.5. The van der Waals surface area contributed by atoms with E-state index < -0.39 is 0 Å². The highest BCUT2D eigenvalue weighted by molar-refractivity contribution is 5.78. The third-order valence-electron chi connectivity index (χ3n) is 11.2. The second-order valence-corrected chi connectivity index (χ2v) is 14.6. The van der Waals surface area contributed by atoms with Gasteiger partial charge in [0.15, 0.2) is 0 Å². The first-order valence-corrected chi connectivity index (χ1v) is 15.5. The lowest BCUT2D eigenvalue weighted by Gasteiger charge is -2.62. The zero-order chi connectivity index (χ0) is 24.3. The van der Waals surface area contributed by atoms with Crippen molar-refractivity contribution in [3.63, 3.8) is 0 Å². The number of nitrogens with zero attached hydrogens (tertiary/aromatic N) is 4. The molecule has 0 N–H and O–H groups in total. The van der Waals surface area contributed by atoms with Gasteiger partial charge in [-0.1, -0.05) is 0 Å². The van der Waals surface area contributed by atoms with Gasteiger partial charge in [0.1, 0.15) is 0 Å². The molecular formula is C30H48N4O2. The molecule has 6 nitrogen and oxygen atoms in total. The predicted molar refractivity (Wildman–Crippen MR) is 140 cm³/mol. The average molecular weight is 497 g/mol. The van der Waals surface area contributed by atoms with Crippen LogP contribution in [-0.2, 0) is 9.59 Å². The number of carbonyl (C=O) groups is 2. The highest BCUT2D eigenvalue weighted by Gasteiger charge is 2.58. The molecular weight excluding hydrogens is 448 g/mol. The molecule has 8 aliphatic rings. The molecule has 2 saturated heterocycles. The van der Waals surface area contributed by atoms with Crippen LogP contribution in [0.25, 0.3) is 0 Å². The van der Waals surface area contributed by atoms with Crippen molar-refractivity contribution in [2.24, 2.45) is 34.5 Å². The molecule has 0 radical (unpaired) electrons. The Labute approximate surface area is 218 Å². The Morgan fingerprint density at radius 1 is 0.583 bits per heavy atom. The van der Waals surface area contributed by atoms with Gasteiger partial charge in [-0.2, -0.15) is 0 Å². The highest BCUT2D eigenvalue weighted by atomic mass is 16.2. The van der Waals surface area contributed by atoms with Gasteiger partial charge in [0, 0.05) is 78.3 Å². The molecule has 6 saturated carbocycles. The molecule has 8 rings (SSSR count). The van der Waals surface area contributed by atoms with E-state index in [-0.39, 0.29) is 10.8 Å². The van der Waals surface area contributed by atoms with Crippen molar-refractivity contribution >= 4 is 11.8 Å². The molecule has 4 bridgehead atoms. The van der Waals surface area contributed by atoms with Crippen LogP contribution in [0.15, 0.2) is 0 Å². The van der Waals surface area contributed by atoms with Gasteiger partial charge in [0.25, 0.3) is 0 Å². The van der Waals surface area contributed by atoms with Crippen LogP contribution in [-0.4, -0.2) is 96.9 Å². The summed E-state index contributed by atoms with van der Waals surface area (Å²) in [6.45, 7) is 10.4. The second kappa shape index (κ2) is 9.25. The Bertz CT molecular complexity index is 771. The smallest absolute Gasteiger partial charge is 0.223 e. The molecule has 6 heteroatoms. The molecule has 0 unspecified atom stereocenters. The Balaban J connectivity index is 0.954. The van der Waals surface area contributed by atoms with Gasteiger partial charge < -0.3 is 9.80 Å². The molecule has 6 aliphatic carbocycles. The summed E-state index contributed by atoms with van der Waals surface area (Å²) in [6.07, 6.45) is 14.6. The molecule has 200 valence electrons. The lowest BCUT2D eigenvalue weighted by Crippen LogP contribution is -2.56. The van der Waals surface area contributed by atoms with Crippen molar-refractivity contribution in [2.75, 3.05) is 65.4 Å². The number of piperazine rings is 2. The van der Waals surface area contributed by atoms with Crippen molar-refractivity contribution in [2.45, 2.75) is 77.0 Å². The van der Waals surface area contributed by atoms with E-state index in [1.807, 2.05) is 0 Å². The van der Waals surface area contributed by atoms with Crippen LogP contribution in [0.2, 0.25) is 0 Å². The van der Waals surface area contributed by atoms with E-state index in [4.69, 9.17) is 0 Å². The number of carbonyl (C=O) groups excluding carboxylic acids is 2. The standard InChI is InChI=1S/C30H48N4O2/c35-27(33-9-5-31(6-10-33)20-23-1-2-23)18-29-14-25-13-26(15-29)17-30(16-25,22-29)19-28(36)34-11-7-32(8-12-34)21-24-3-4-24/h23-26H,1-22H2. The number of hydrogen-bond donors (Lipinski definition) is 0. The van der Waals surface area contributed by atoms with E-state index in [0.29, 0.717) is 11.8 Å². The second-order valence-electron chi connectivity index (χ2n) is 14.6. The molecule has 2 aliphatic heterocycles. The Morgan fingerprint density at radius 3 is 1.33 bits per heavy atom. The molecule has 2 amide bonds. The molecule has 0 spiro atoms. The molecule has 0 aromatic heterocycles. The minimum Gasteiger partial charge on any atom is -0.340 e. The summed E-state index contributed by atoms with van der Waals surface area (Å²) >= 11 is 0. The van der Waals surface area contributed by atoms with Crippen molar-refractivity contribution in [1.29, 1.82) is 0 Å². The Morgan fingerprint density at radius 2 is 0.972 bits per heavy atom. The fourth-order valence-electron chi connectivity index (χ4n) is 9.62. The first-order valence-electron chi connectivity index (χ1n) is 15.5. The first kappa shape index (κ1) is 23.9. The summed E-state index contributed by atoms with van der Waals surface area (Å²) in [5.74, 6) is 4.19. The highest BCUT2D eigenvalue weighted by Crippen LogP contribution is 2.67. The van der Waals surface area contributed by atoms with Crippen LogP contribution in [0, 0.1) is 34.5 Å². The van der Waals surface area contributed by atoms with Gasteiger partial charge in [0.2, 0.25) is 11.8 Å². The Hall–Kier alpha value is -1.14. The van der Waals surface area contributed by atoms with Crippen LogP contribution in [0.4, 0.5) is 0 Å². The van der Waals surface area contributed by atoms with Crippen LogP contribution in [0.5, 0.6) is 0 Å². The van der Waals surface area contributed by atoms with Crippen molar-refractivity contribution in [3.05, 3.63) is 0 Å². The average Bonchev–Trinajstić information content (AvgIpc) is 3.76.